The number of hydrogen-bond donors (Lipinski definition) is 3. The van der Waals surface area contributed by atoms with Crippen LogP contribution < -0.4 is 10.8 Å². The Kier molecular flexibility index (Phi) is 10.9. The monoisotopic (exact) mass is 202 g/mol. The average molecular weight is 203 g/mol. The van der Waals surface area contributed by atoms with E-state index in [1.54, 1.807) is 0 Å². The molecule has 0 aromatic rings. The maximum absolute atomic E-state index is 8.34. The van der Waals surface area contributed by atoms with Crippen LogP contribution in [0.2, 0.25) is 0 Å². The lowest BCUT2D eigenvalue weighted by Gasteiger charge is -2.21. The molecular formula is C6H16Cl2N2O. The van der Waals surface area contributed by atoms with Gasteiger partial charge in [0.15, 0.2) is 0 Å². The van der Waals surface area contributed by atoms with Crippen LogP contribution in [0.5, 0.6) is 0 Å². The topological polar surface area (TPSA) is 44.3 Å². The van der Waals surface area contributed by atoms with Gasteiger partial charge in [0.05, 0.1) is 0 Å². The van der Waals surface area contributed by atoms with Crippen molar-refractivity contribution in [3.63, 3.8) is 0 Å². The third-order valence-corrected chi connectivity index (χ3v) is 1.78. The van der Waals surface area contributed by atoms with Gasteiger partial charge in [-0.25, -0.2) is 5.48 Å². The van der Waals surface area contributed by atoms with Gasteiger partial charge in [-0.05, 0) is 31.8 Å². The molecule has 1 saturated heterocycles. The molecule has 0 aliphatic carbocycles. The van der Waals surface area contributed by atoms with E-state index in [1.807, 2.05) is 0 Å². The van der Waals surface area contributed by atoms with Crippen LogP contribution in [0.25, 0.3) is 0 Å². The number of nitrogens with one attached hydrogen (secondary N) is 2. The third-order valence-electron chi connectivity index (χ3n) is 1.78. The normalized spacial score (nSPS) is 23.2. The standard InChI is InChI=1S/C6H14N2O.2ClH/c9-8-5-6-2-1-3-7-4-6;;/h6-9H,1-5H2;2*1H. The maximum Gasteiger partial charge on any atom is 0.0247 e. The number of rotatable bonds is 2. The smallest absolute Gasteiger partial charge is 0.0247 e. The Morgan fingerprint density at radius 2 is 2.18 bits per heavy atom. The minimum absolute atomic E-state index is 0. The molecule has 0 amide bonds. The van der Waals surface area contributed by atoms with Crippen molar-refractivity contribution in [2.45, 2.75) is 12.8 Å². The van der Waals surface area contributed by atoms with Gasteiger partial charge in [0.2, 0.25) is 0 Å². The zero-order valence-electron chi connectivity index (χ0n) is 6.38. The molecule has 3 nitrogen and oxygen atoms in total. The van der Waals surface area contributed by atoms with Gasteiger partial charge in [0, 0.05) is 6.54 Å². The number of piperidine rings is 1. The molecule has 0 bridgehead atoms. The summed E-state index contributed by atoms with van der Waals surface area (Å²) in [4.78, 5) is 0. The molecule has 0 spiro atoms. The Bertz CT molecular complexity index is 76.2. The van der Waals surface area contributed by atoms with Crippen molar-refractivity contribution in [1.82, 2.24) is 10.8 Å². The molecular weight excluding hydrogens is 187 g/mol. The van der Waals surface area contributed by atoms with Crippen molar-refractivity contribution in [3.8, 4) is 0 Å². The molecule has 1 aliphatic heterocycles. The zero-order valence-corrected chi connectivity index (χ0v) is 8.01. The van der Waals surface area contributed by atoms with Crippen LogP contribution in [0.3, 0.4) is 0 Å². The molecule has 1 aliphatic rings. The van der Waals surface area contributed by atoms with Gasteiger partial charge < -0.3 is 10.5 Å². The lowest BCUT2D eigenvalue weighted by atomic mass is 10.0. The molecule has 70 valence electrons. The molecule has 0 radical (unpaired) electrons. The van der Waals surface area contributed by atoms with Gasteiger partial charge >= 0.3 is 0 Å². The van der Waals surface area contributed by atoms with E-state index in [2.05, 4.69) is 10.8 Å². The Labute approximate surface area is 79.7 Å². The van der Waals surface area contributed by atoms with E-state index in [0.717, 1.165) is 19.6 Å². The largest absolute Gasteiger partial charge is 0.317 e. The van der Waals surface area contributed by atoms with Crippen molar-refractivity contribution in [3.05, 3.63) is 0 Å². The Morgan fingerprint density at radius 3 is 2.64 bits per heavy atom. The number of hydroxylamine groups is 1. The highest BCUT2D eigenvalue weighted by Gasteiger charge is 2.10. The molecule has 11 heavy (non-hydrogen) atoms. The van der Waals surface area contributed by atoms with Crippen molar-refractivity contribution >= 4 is 24.8 Å². The average Bonchev–Trinajstić information content (AvgIpc) is 1.91. The van der Waals surface area contributed by atoms with E-state index >= 15 is 0 Å². The van der Waals surface area contributed by atoms with Crippen molar-refractivity contribution in [2.24, 2.45) is 5.92 Å². The van der Waals surface area contributed by atoms with Gasteiger partial charge in [0.25, 0.3) is 0 Å². The molecule has 1 fully saturated rings. The molecule has 0 aromatic heterocycles. The Morgan fingerprint density at radius 1 is 1.45 bits per heavy atom. The van der Waals surface area contributed by atoms with E-state index in [-0.39, 0.29) is 24.8 Å². The molecule has 1 rings (SSSR count). The first-order valence-corrected chi connectivity index (χ1v) is 3.51. The summed E-state index contributed by atoms with van der Waals surface area (Å²) < 4.78 is 0. The maximum atomic E-state index is 8.34. The molecule has 3 N–H and O–H groups in total. The van der Waals surface area contributed by atoms with Gasteiger partial charge in [-0.3, -0.25) is 0 Å². The summed E-state index contributed by atoms with van der Waals surface area (Å²) in [5.74, 6) is 0.628. The van der Waals surface area contributed by atoms with Crippen LogP contribution in [-0.2, 0) is 0 Å². The fourth-order valence-electron chi connectivity index (χ4n) is 1.23. The lowest BCUT2D eigenvalue weighted by molar-refractivity contribution is 0.141. The van der Waals surface area contributed by atoms with Crippen molar-refractivity contribution in [2.75, 3.05) is 19.6 Å². The van der Waals surface area contributed by atoms with E-state index in [9.17, 15) is 0 Å². The fourth-order valence-corrected chi connectivity index (χ4v) is 1.23. The second kappa shape index (κ2) is 8.56. The first-order chi connectivity index (χ1) is 4.43. The SMILES string of the molecule is Cl.Cl.ONCC1CCCNC1. The second-order valence-electron chi connectivity index (χ2n) is 2.57. The van der Waals surface area contributed by atoms with Gasteiger partial charge in [-0.1, -0.05) is 0 Å². The summed E-state index contributed by atoms with van der Waals surface area (Å²) in [5.41, 5.74) is 2.20. The summed E-state index contributed by atoms with van der Waals surface area (Å²) >= 11 is 0. The molecule has 0 aromatic carbocycles. The number of halogens is 2. The van der Waals surface area contributed by atoms with Gasteiger partial charge in [0.1, 0.15) is 0 Å². The first-order valence-electron chi connectivity index (χ1n) is 3.51. The molecule has 0 saturated carbocycles. The van der Waals surface area contributed by atoms with Crippen LogP contribution in [-0.4, -0.2) is 24.8 Å². The highest BCUT2D eigenvalue weighted by Crippen LogP contribution is 2.07. The fraction of sp³-hybridized carbons (Fsp3) is 1.00. The molecule has 5 heteroatoms. The minimum Gasteiger partial charge on any atom is -0.317 e. The van der Waals surface area contributed by atoms with Gasteiger partial charge in [-0.2, -0.15) is 0 Å². The predicted molar refractivity (Wildman–Crippen MR) is 49.9 cm³/mol. The second-order valence-corrected chi connectivity index (χ2v) is 2.57. The highest BCUT2D eigenvalue weighted by atomic mass is 35.5. The Balaban J connectivity index is 0. The summed E-state index contributed by atoms with van der Waals surface area (Å²) in [6, 6.07) is 0. The van der Waals surface area contributed by atoms with Crippen LogP contribution in [0.4, 0.5) is 0 Å². The van der Waals surface area contributed by atoms with Gasteiger partial charge in [-0.15, -0.1) is 24.8 Å². The minimum atomic E-state index is 0. The van der Waals surface area contributed by atoms with Crippen LogP contribution in [0, 0.1) is 5.92 Å². The highest BCUT2D eigenvalue weighted by molar-refractivity contribution is 5.85. The van der Waals surface area contributed by atoms with Crippen LogP contribution in [0.1, 0.15) is 12.8 Å². The van der Waals surface area contributed by atoms with Crippen molar-refractivity contribution < 1.29 is 5.21 Å². The van der Waals surface area contributed by atoms with E-state index in [4.69, 9.17) is 5.21 Å². The zero-order chi connectivity index (χ0) is 6.53. The Hall–Kier alpha value is 0.460. The third kappa shape index (κ3) is 5.70. The predicted octanol–water partition coefficient (Wildman–Crippen LogP) is 0.808. The first kappa shape index (κ1) is 14.0. The summed E-state index contributed by atoms with van der Waals surface area (Å²) in [6.45, 7) is 2.92. The van der Waals surface area contributed by atoms with E-state index in [0.29, 0.717) is 5.92 Å². The van der Waals surface area contributed by atoms with Crippen LogP contribution >= 0.6 is 24.8 Å². The number of hydrogen-bond acceptors (Lipinski definition) is 3. The van der Waals surface area contributed by atoms with E-state index in [1.165, 1.54) is 12.8 Å². The van der Waals surface area contributed by atoms with E-state index < -0.39 is 0 Å². The van der Waals surface area contributed by atoms with Crippen molar-refractivity contribution in [1.29, 1.82) is 0 Å². The summed E-state index contributed by atoms with van der Waals surface area (Å²) in [7, 11) is 0. The van der Waals surface area contributed by atoms with Crippen LogP contribution in [0.15, 0.2) is 0 Å². The lowest BCUT2D eigenvalue weighted by Crippen LogP contribution is -2.35. The molecule has 1 unspecified atom stereocenters. The quantitative estimate of drug-likeness (QED) is 0.582. The summed E-state index contributed by atoms with van der Waals surface area (Å²) in [6.07, 6.45) is 2.48. The molecule has 1 atom stereocenters. The molecule has 1 heterocycles. The summed E-state index contributed by atoms with van der Waals surface area (Å²) in [5, 5.41) is 11.6.